The number of aliphatic hydroxyl groups is 2. The van der Waals surface area contributed by atoms with Gasteiger partial charge in [-0.25, -0.2) is 0 Å². The summed E-state index contributed by atoms with van der Waals surface area (Å²) in [5, 5.41) is 19.9. The molecule has 4 rings (SSSR count). The molecule has 0 bridgehead atoms. The third-order valence-electron chi connectivity index (χ3n) is 6.71. The molecule has 0 aromatic heterocycles. The maximum atomic E-state index is 10.3. The van der Waals surface area contributed by atoms with Crippen LogP contribution in [0.3, 0.4) is 0 Å². The molecule has 1 aliphatic carbocycles. The summed E-state index contributed by atoms with van der Waals surface area (Å²) in [7, 11) is 0. The summed E-state index contributed by atoms with van der Waals surface area (Å²) in [6, 6.07) is 11.4. The van der Waals surface area contributed by atoms with Crippen LogP contribution >= 0.6 is 0 Å². The van der Waals surface area contributed by atoms with Gasteiger partial charge in [0.25, 0.3) is 0 Å². The molecule has 1 fully saturated rings. The molecule has 0 amide bonds. The summed E-state index contributed by atoms with van der Waals surface area (Å²) >= 11 is 0. The molecule has 3 nitrogen and oxygen atoms in total. The van der Waals surface area contributed by atoms with E-state index in [0.717, 1.165) is 25.7 Å². The van der Waals surface area contributed by atoms with Gasteiger partial charge in [0.1, 0.15) is 0 Å². The van der Waals surface area contributed by atoms with Crippen molar-refractivity contribution in [2.45, 2.75) is 83.5 Å². The van der Waals surface area contributed by atoms with E-state index in [0.29, 0.717) is 12.8 Å². The zero-order valence-corrected chi connectivity index (χ0v) is 17.8. The van der Waals surface area contributed by atoms with Crippen LogP contribution in [0.5, 0.6) is 0 Å². The number of aliphatic hydroxyl groups excluding tert-OH is 2. The van der Waals surface area contributed by atoms with Crippen molar-refractivity contribution in [2.75, 3.05) is 6.61 Å². The van der Waals surface area contributed by atoms with Gasteiger partial charge in [-0.3, -0.25) is 0 Å². The molecule has 0 radical (unpaired) electrons. The third kappa shape index (κ3) is 4.42. The third-order valence-corrected chi connectivity index (χ3v) is 6.71. The van der Waals surface area contributed by atoms with E-state index < -0.39 is 6.10 Å². The van der Waals surface area contributed by atoms with Crippen LogP contribution < -0.4 is 0 Å². The predicted molar refractivity (Wildman–Crippen MR) is 116 cm³/mol. The minimum Gasteiger partial charge on any atom is -0.394 e. The van der Waals surface area contributed by atoms with E-state index in [9.17, 15) is 10.2 Å². The van der Waals surface area contributed by atoms with Crippen LogP contribution in [0.2, 0.25) is 0 Å². The van der Waals surface area contributed by atoms with Gasteiger partial charge in [0, 0.05) is 12.8 Å². The Morgan fingerprint density at radius 3 is 2.48 bits per heavy atom. The first-order valence-corrected chi connectivity index (χ1v) is 11.2. The largest absolute Gasteiger partial charge is 0.394 e. The van der Waals surface area contributed by atoms with Crippen molar-refractivity contribution < 1.29 is 14.9 Å². The fraction of sp³-hybridized carbons (Fsp3) is 0.538. The maximum absolute atomic E-state index is 10.3. The first-order valence-electron chi connectivity index (χ1n) is 11.2. The monoisotopic (exact) mass is 394 g/mol. The Morgan fingerprint density at radius 2 is 1.76 bits per heavy atom. The number of aryl methyl sites for hydroxylation is 1. The van der Waals surface area contributed by atoms with Gasteiger partial charge >= 0.3 is 0 Å². The summed E-state index contributed by atoms with van der Waals surface area (Å²) in [5.41, 5.74) is 9.72. The van der Waals surface area contributed by atoms with Gasteiger partial charge in [-0.1, -0.05) is 43.7 Å². The summed E-state index contributed by atoms with van der Waals surface area (Å²) in [5.74, 6) is 0. The Kier molecular flexibility index (Phi) is 6.38. The molecular weight excluding hydrogens is 360 g/mol. The number of rotatable bonds is 6. The van der Waals surface area contributed by atoms with Gasteiger partial charge in [0.15, 0.2) is 0 Å². The highest BCUT2D eigenvalue weighted by atomic mass is 16.5. The minimum atomic E-state index is -0.409. The van der Waals surface area contributed by atoms with Crippen molar-refractivity contribution >= 4 is 0 Å². The fourth-order valence-corrected chi connectivity index (χ4v) is 5.20. The van der Waals surface area contributed by atoms with Crippen molar-refractivity contribution in [2.24, 2.45) is 0 Å². The van der Waals surface area contributed by atoms with Gasteiger partial charge in [-0.05, 0) is 78.0 Å². The average molecular weight is 395 g/mol. The van der Waals surface area contributed by atoms with Gasteiger partial charge in [-0.2, -0.15) is 0 Å². The van der Waals surface area contributed by atoms with Gasteiger partial charge in [-0.15, -0.1) is 0 Å². The zero-order valence-electron chi connectivity index (χ0n) is 17.8. The zero-order chi connectivity index (χ0) is 20.4. The lowest BCUT2D eigenvalue weighted by molar-refractivity contribution is -0.114. The van der Waals surface area contributed by atoms with E-state index >= 15 is 0 Å². The highest BCUT2D eigenvalue weighted by Crippen LogP contribution is 2.39. The first-order chi connectivity index (χ1) is 14.1. The highest BCUT2D eigenvalue weighted by Gasteiger charge is 2.31. The van der Waals surface area contributed by atoms with Crippen molar-refractivity contribution in [3.63, 3.8) is 0 Å². The molecular formula is C26H34O3. The SMILES string of the molecule is CCCc1ccc(Cc2cc(C3CC(O)CC(CO)O3)c(C)c3c2CCC3)cc1. The molecule has 3 atom stereocenters. The highest BCUT2D eigenvalue weighted by molar-refractivity contribution is 5.50. The molecule has 2 aromatic rings. The van der Waals surface area contributed by atoms with Crippen LogP contribution in [0, 0.1) is 6.92 Å². The molecule has 2 N–H and O–H groups in total. The van der Waals surface area contributed by atoms with Crippen molar-refractivity contribution in [1.82, 2.24) is 0 Å². The average Bonchev–Trinajstić information content (AvgIpc) is 3.22. The summed E-state index contributed by atoms with van der Waals surface area (Å²) in [6.45, 7) is 4.40. The summed E-state index contributed by atoms with van der Waals surface area (Å²) < 4.78 is 6.17. The maximum Gasteiger partial charge on any atom is 0.0857 e. The Bertz CT molecular complexity index is 840. The molecule has 1 saturated heterocycles. The second-order valence-corrected chi connectivity index (χ2v) is 8.86. The van der Waals surface area contributed by atoms with Crippen molar-refractivity contribution in [3.8, 4) is 0 Å². The van der Waals surface area contributed by atoms with Crippen LogP contribution in [0.4, 0.5) is 0 Å². The van der Waals surface area contributed by atoms with Crippen LogP contribution in [0.25, 0.3) is 0 Å². The molecule has 3 heteroatoms. The van der Waals surface area contributed by atoms with Crippen LogP contribution in [-0.2, 0) is 30.4 Å². The molecule has 29 heavy (non-hydrogen) atoms. The minimum absolute atomic E-state index is 0.0332. The van der Waals surface area contributed by atoms with Gasteiger partial charge < -0.3 is 14.9 Å². The normalized spacial score (nSPS) is 23.9. The molecule has 2 aromatic carbocycles. The number of hydrogen-bond donors (Lipinski definition) is 2. The Balaban J connectivity index is 1.65. The van der Waals surface area contributed by atoms with Crippen molar-refractivity contribution in [1.29, 1.82) is 0 Å². The standard InChI is InChI=1S/C26H34O3/c1-3-5-18-8-10-19(11-9-18)12-20-13-25(17(2)23-6-4-7-24(20)23)26-15-21(28)14-22(16-27)29-26/h8-11,13,21-22,26-28H,3-7,12,14-16H2,1-2H3. The number of fused-ring (bicyclic) bond motifs is 1. The van der Waals surface area contributed by atoms with E-state index in [1.54, 1.807) is 0 Å². The quantitative estimate of drug-likeness (QED) is 0.753. The van der Waals surface area contributed by atoms with Crippen molar-refractivity contribution in [3.05, 3.63) is 69.3 Å². The topological polar surface area (TPSA) is 49.7 Å². The van der Waals surface area contributed by atoms with E-state index in [4.69, 9.17) is 4.74 Å². The number of hydrogen-bond acceptors (Lipinski definition) is 3. The second kappa shape index (κ2) is 8.99. The molecule has 2 aliphatic rings. The lowest BCUT2D eigenvalue weighted by atomic mass is 9.86. The van der Waals surface area contributed by atoms with Gasteiger partial charge in [0.05, 0.1) is 24.9 Å². The molecule has 1 heterocycles. The first kappa shape index (κ1) is 20.6. The molecule has 156 valence electrons. The van der Waals surface area contributed by atoms with E-state index in [1.165, 1.54) is 51.8 Å². The molecule has 3 unspecified atom stereocenters. The lowest BCUT2D eigenvalue weighted by Crippen LogP contribution is -2.34. The van der Waals surface area contributed by atoms with Crippen LogP contribution in [-0.4, -0.2) is 29.0 Å². The Hall–Kier alpha value is -1.68. The van der Waals surface area contributed by atoms with Gasteiger partial charge in [0.2, 0.25) is 0 Å². The fourth-order valence-electron chi connectivity index (χ4n) is 5.20. The van der Waals surface area contributed by atoms with Crippen LogP contribution in [0.15, 0.2) is 30.3 Å². The smallest absolute Gasteiger partial charge is 0.0857 e. The van der Waals surface area contributed by atoms with Crippen LogP contribution in [0.1, 0.15) is 77.7 Å². The molecule has 1 aliphatic heterocycles. The van der Waals surface area contributed by atoms with E-state index in [-0.39, 0.29) is 18.8 Å². The van der Waals surface area contributed by atoms with E-state index in [2.05, 4.69) is 44.2 Å². The second-order valence-electron chi connectivity index (χ2n) is 8.86. The van der Waals surface area contributed by atoms with E-state index in [1.807, 2.05) is 0 Å². The number of ether oxygens (including phenoxy) is 1. The molecule has 0 saturated carbocycles. The lowest BCUT2D eigenvalue weighted by Gasteiger charge is -2.34. The Morgan fingerprint density at radius 1 is 1.03 bits per heavy atom. The summed E-state index contributed by atoms with van der Waals surface area (Å²) in [4.78, 5) is 0. The number of benzene rings is 2. The Labute approximate surface area is 174 Å². The summed E-state index contributed by atoms with van der Waals surface area (Å²) in [6.07, 6.45) is 7.09. The molecule has 0 spiro atoms. The predicted octanol–water partition coefficient (Wildman–Crippen LogP) is 4.60.